The third-order valence-electron chi connectivity index (χ3n) is 12.0. The number of aliphatic hydroxyl groups excluding tert-OH is 1. The average Bonchev–Trinajstić information content (AvgIpc) is 3.21. The number of rotatable bonds is 36. The maximum Gasteiger partial charge on any atom is 0.261 e. The Labute approximate surface area is 354 Å². The molecule has 2 N–H and O–H groups in total. The Morgan fingerprint density at radius 1 is 0.596 bits per heavy atom. The van der Waals surface area contributed by atoms with Gasteiger partial charge < -0.3 is 14.8 Å². The third kappa shape index (κ3) is 21.6. The maximum atomic E-state index is 13.5. The lowest BCUT2D eigenvalue weighted by Gasteiger charge is -2.46. The third-order valence-corrected chi connectivity index (χ3v) is 17.0. The number of carbonyl (C=O) groups is 1. The number of unbranched alkanes of at least 4 members (excludes halogenated alkanes) is 25. The number of amides is 1. The van der Waals surface area contributed by atoms with Gasteiger partial charge in [-0.05, 0) is 34.7 Å². The van der Waals surface area contributed by atoms with E-state index in [1.807, 2.05) is 0 Å². The average molecular weight is 804 g/mol. The summed E-state index contributed by atoms with van der Waals surface area (Å²) < 4.78 is 7.54. The van der Waals surface area contributed by atoms with Crippen LogP contribution < -0.4 is 15.7 Å². The molecule has 0 saturated carbocycles. The molecule has 5 heteroatoms. The zero-order valence-corrected chi connectivity index (χ0v) is 38.9. The van der Waals surface area contributed by atoms with Crippen molar-refractivity contribution in [3.05, 3.63) is 72.8 Å². The molecule has 0 aliphatic rings. The van der Waals surface area contributed by atoms with Crippen LogP contribution in [-0.4, -0.2) is 38.1 Å². The molecule has 1 amide bonds. The van der Waals surface area contributed by atoms with Crippen LogP contribution in [0.2, 0.25) is 5.04 Å². The number of benzene rings is 2. The van der Waals surface area contributed by atoms with Crippen molar-refractivity contribution in [1.82, 2.24) is 5.32 Å². The van der Waals surface area contributed by atoms with E-state index in [1.165, 1.54) is 158 Å². The lowest BCUT2D eigenvalue weighted by molar-refractivity contribution is -0.122. The molecule has 0 aromatic heterocycles. The van der Waals surface area contributed by atoms with Crippen LogP contribution in [0, 0.1) is 0 Å². The van der Waals surface area contributed by atoms with Crippen LogP contribution in [0.15, 0.2) is 72.8 Å². The summed E-state index contributed by atoms with van der Waals surface area (Å²) in [6.45, 7) is 11.3. The summed E-state index contributed by atoms with van der Waals surface area (Å²) in [5.41, 5.74) is 0. The molecular weight excluding hydrogens is 715 g/mol. The van der Waals surface area contributed by atoms with Crippen LogP contribution in [0.3, 0.4) is 0 Å². The Balaban J connectivity index is 1.99. The second-order valence-electron chi connectivity index (χ2n) is 18.1. The molecule has 0 heterocycles. The summed E-state index contributed by atoms with van der Waals surface area (Å²) >= 11 is 0. The predicted octanol–water partition coefficient (Wildman–Crippen LogP) is 13.9. The van der Waals surface area contributed by atoms with Gasteiger partial charge in [-0.1, -0.05) is 262 Å². The van der Waals surface area contributed by atoms with Crippen molar-refractivity contribution >= 4 is 24.6 Å². The summed E-state index contributed by atoms with van der Waals surface area (Å²) in [5.74, 6) is 0.0126. The van der Waals surface area contributed by atoms with Crippen molar-refractivity contribution in [2.45, 2.75) is 232 Å². The van der Waals surface area contributed by atoms with E-state index in [4.69, 9.17) is 4.43 Å². The first-order valence-electron chi connectivity index (χ1n) is 24.2. The molecule has 0 aliphatic heterocycles. The summed E-state index contributed by atoms with van der Waals surface area (Å²) in [7, 11) is -2.92. The van der Waals surface area contributed by atoms with E-state index in [1.54, 1.807) is 0 Å². The first-order valence-corrected chi connectivity index (χ1v) is 26.1. The monoisotopic (exact) mass is 804 g/mol. The molecule has 0 spiro atoms. The fourth-order valence-electron chi connectivity index (χ4n) is 8.48. The minimum Gasteiger partial charge on any atom is -0.399 e. The van der Waals surface area contributed by atoms with Crippen LogP contribution in [0.5, 0.6) is 0 Å². The Morgan fingerprint density at radius 2 is 0.965 bits per heavy atom. The van der Waals surface area contributed by atoms with Crippen molar-refractivity contribution in [1.29, 1.82) is 0 Å². The lowest BCUT2D eigenvalue weighted by Crippen LogP contribution is -2.69. The number of carbonyl (C=O) groups excluding carboxylic acids is 1. The lowest BCUT2D eigenvalue weighted by atomic mass is 10.0. The molecule has 0 bridgehead atoms. The molecule has 2 aromatic carbocycles. The van der Waals surface area contributed by atoms with Crippen molar-refractivity contribution in [3.8, 4) is 0 Å². The summed E-state index contributed by atoms with van der Waals surface area (Å²) in [6.07, 6.45) is 39.6. The molecule has 4 nitrogen and oxygen atoms in total. The Bertz CT molecular complexity index is 1200. The number of hydrogen-bond acceptors (Lipinski definition) is 3. The fourth-order valence-corrected chi connectivity index (χ4v) is 13.1. The van der Waals surface area contributed by atoms with E-state index in [2.05, 4.69) is 113 Å². The molecule has 0 radical (unpaired) electrons. The van der Waals surface area contributed by atoms with Gasteiger partial charge in [0.25, 0.3) is 8.32 Å². The minimum atomic E-state index is -2.92. The summed E-state index contributed by atoms with van der Waals surface area (Å²) in [5, 5.41) is 16.3. The van der Waals surface area contributed by atoms with E-state index in [0.717, 1.165) is 25.7 Å². The zero-order valence-electron chi connectivity index (χ0n) is 37.9. The molecule has 0 saturated heterocycles. The van der Waals surface area contributed by atoms with Gasteiger partial charge in [-0.3, -0.25) is 4.79 Å². The normalized spacial score (nSPS) is 13.3. The quantitative estimate of drug-likeness (QED) is 0.0410. The highest BCUT2D eigenvalue weighted by molar-refractivity contribution is 6.99. The minimum absolute atomic E-state index is 0.0126. The van der Waals surface area contributed by atoms with E-state index in [-0.39, 0.29) is 17.6 Å². The Hall–Kier alpha value is -2.21. The second-order valence-corrected chi connectivity index (χ2v) is 22.3. The molecule has 2 atom stereocenters. The van der Waals surface area contributed by atoms with E-state index in [9.17, 15) is 9.90 Å². The van der Waals surface area contributed by atoms with Gasteiger partial charge in [-0.25, -0.2) is 0 Å². The fraction of sp³-hybridized carbons (Fsp3) is 0.712. The zero-order chi connectivity index (χ0) is 41.3. The van der Waals surface area contributed by atoms with Gasteiger partial charge in [0.05, 0.1) is 18.8 Å². The van der Waals surface area contributed by atoms with Gasteiger partial charge in [0.15, 0.2) is 0 Å². The SMILES string of the molecule is CCCCCCCCCCCCC/C=C/[C@@H](O[Si](c1ccccc1)(c1ccccc1)C(C)(C)C)[C@H](CO)NC(=O)CCCCCCCCCCCCCCCCC. The van der Waals surface area contributed by atoms with Crippen molar-refractivity contribution in [3.63, 3.8) is 0 Å². The molecule has 324 valence electrons. The molecular formula is C52H89NO3Si. The largest absolute Gasteiger partial charge is 0.399 e. The van der Waals surface area contributed by atoms with Crippen LogP contribution in [0.25, 0.3) is 0 Å². The highest BCUT2D eigenvalue weighted by Crippen LogP contribution is 2.38. The van der Waals surface area contributed by atoms with Gasteiger partial charge in [0.2, 0.25) is 5.91 Å². The highest BCUT2D eigenvalue weighted by Gasteiger charge is 2.52. The molecule has 0 aliphatic carbocycles. The van der Waals surface area contributed by atoms with Crippen LogP contribution >= 0.6 is 0 Å². The molecule has 0 fully saturated rings. The van der Waals surface area contributed by atoms with Crippen LogP contribution in [-0.2, 0) is 9.22 Å². The Morgan fingerprint density at radius 3 is 1.33 bits per heavy atom. The van der Waals surface area contributed by atoms with Crippen molar-refractivity contribution in [2.75, 3.05) is 6.61 Å². The number of allylic oxidation sites excluding steroid dienone is 1. The van der Waals surface area contributed by atoms with Gasteiger partial charge in [0.1, 0.15) is 0 Å². The van der Waals surface area contributed by atoms with Gasteiger partial charge in [0, 0.05) is 6.42 Å². The molecule has 2 rings (SSSR count). The second kappa shape index (κ2) is 32.6. The molecule has 0 unspecified atom stereocenters. The first kappa shape index (κ1) is 50.9. The van der Waals surface area contributed by atoms with Gasteiger partial charge in [-0.15, -0.1) is 0 Å². The van der Waals surface area contributed by atoms with Gasteiger partial charge in [-0.2, -0.15) is 0 Å². The smallest absolute Gasteiger partial charge is 0.261 e. The number of nitrogens with one attached hydrogen (secondary N) is 1. The first-order chi connectivity index (χ1) is 27.8. The van der Waals surface area contributed by atoms with Crippen LogP contribution in [0.1, 0.15) is 214 Å². The van der Waals surface area contributed by atoms with E-state index < -0.39 is 20.5 Å². The van der Waals surface area contributed by atoms with E-state index >= 15 is 0 Å². The van der Waals surface area contributed by atoms with Gasteiger partial charge >= 0.3 is 0 Å². The highest BCUT2D eigenvalue weighted by atomic mass is 28.4. The predicted molar refractivity (Wildman–Crippen MR) is 251 cm³/mol. The van der Waals surface area contributed by atoms with Crippen molar-refractivity contribution < 1.29 is 14.3 Å². The van der Waals surface area contributed by atoms with Crippen molar-refractivity contribution in [2.24, 2.45) is 0 Å². The maximum absolute atomic E-state index is 13.5. The topological polar surface area (TPSA) is 58.6 Å². The molecule has 2 aromatic rings. The summed E-state index contributed by atoms with van der Waals surface area (Å²) in [6, 6.07) is 20.9. The van der Waals surface area contributed by atoms with E-state index in [0.29, 0.717) is 6.42 Å². The Kier molecular flexibility index (Phi) is 29.1. The standard InChI is InChI=1S/C52H89NO3Si/c1-6-8-10-12-14-16-18-20-21-23-25-27-29-31-39-45-51(55)53-49(46-54)50(44-38-30-28-26-24-22-19-17-15-13-11-9-7-2)56-57(52(3,4)5,47-40-34-32-35-41-47)48-42-36-33-37-43-48/h32-38,40-44,49-50,54H,6-31,39,45-46H2,1-5H3,(H,53,55)/b44-38+/t49-,50+/m0/s1. The summed E-state index contributed by atoms with van der Waals surface area (Å²) in [4.78, 5) is 13.5. The molecule has 57 heavy (non-hydrogen) atoms. The number of aliphatic hydroxyl groups is 1. The van der Waals surface area contributed by atoms with Crippen LogP contribution in [0.4, 0.5) is 0 Å². The number of hydrogen-bond donors (Lipinski definition) is 2.